The number of aromatic nitrogens is 3. The third-order valence-electron chi connectivity index (χ3n) is 10.4. The first-order valence-electron chi connectivity index (χ1n) is 20.3. The third kappa shape index (κ3) is 6.97. The molecule has 2 aromatic heterocycles. The van der Waals surface area contributed by atoms with Crippen LogP contribution in [-0.4, -0.2) is 19.6 Å². The van der Waals surface area contributed by atoms with Crippen LogP contribution >= 0.6 is 0 Å². The molecule has 0 unspecified atom stereocenters. The lowest BCUT2D eigenvalue weighted by atomic mass is 9.83. The SMILES string of the molecule is [2H]C([2H])([2H])c1cc(-n2c(-c3ccccc3O)nc3c(-c4cc(-c5cc(-c6ccc(C(C)(C)C)cc6)ccn5)cc(C(C)(C)C)c4)cccc32)ccc1-c1ccccc1. The van der Waals surface area contributed by atoms with Crippen molar-refractivity contribution in [2.45, 2.75) is 59.2 Å². The van der Waals surface area contributed by atoms with Crippen molar-refractivity contribution in [1.29, 1.82) is 0 Å². The van der Waals surface area contributed by atoms with E-state index in [1.165, 1.54) is 5.56 Å². The number of rotatable bonds is 6. The summed E-state index contributed by atoms with van der Waals surface area (Å²) in [4.78, 5) is 10.2. The monoisotopic (exact) mass is 720 g/mol. The van der Waals surface area contributed by atoms with E-state index in [1.807, 2.05) is 77.5 Å². The van der Waals surface area contributed by atoms with Crippen molar-refractivity contribution in [2.24, 2.45) is 0 Å². The number of para-hydroxylation sites is 2. The van der Waals surface area contributed by atoms with E-state index in [4.69, 9.17) is 14.1 Å². The molecule has 0 aliphatic heterocycles. The van der Waals surface area contributed by atoms with E-state index in [9.17, 15) is 5.11 Å². The first-order valence-corrected chi connectivity index (χ1v) is 18.8. The Morgan fingerprint density at radius 3 is 1.98 bits per heavy atom. The van der Waals surface area contributed by atoms with Gasteiger partial charge in [0.05, 0.1) is 22.3 Å². The Morgan fingerprint density at radius 2 is 1.25 bits per heavy atom. The Bertz CT molecular complexity index is 2790. The topological polar surface area (TPSA) is 50.9 Å². The van der Waals surface area contributed by atoms with Gasteiger partial charge in [0.15, 0.2) is 0 Å². The van der Waals surface area contributed by atoms with Gasteiger partial charge >= 0.3 is 0 Å². The lowest BCUT2D eigenvalue weighted by molar-refractivity contribution is 0.477. The van der Waals surface area contributed by atoms with Crippen LogP contribution in [-0.2, 0) is 10.8 Å². The van der Waals surface area contributed by atoms with Crippen molar-refractivity contribution < 1.29 is 9.22 Å². The van der Waals surface area contributed by atoms with Crippen LogP contribution in [0.15, 0.2) is 152 Å². The molecule has 8 aromatic rings. The van der Waals surface area contributed by atoms with E-state index in [0.717, 1.165) is 55.7 Å². The van der Waals surface area contributed by atoms with E-state index >= 15 is 0 Å². The Balaban J connectivity index is 1.33. The van der Waals surface area contributed by atoms with Crippen molar-refractivity contribution in [1.82, 2.24) is 14.5 Å². The first kappa shape index (κ1) is 32.2. The fourth-order valence-electron chi connectivity index (χ4n) is 7.27. The van der Waals surface area contributed by atoms with E-state index in [1.54, 1.807) is 18.2 Å². The maximum absolute atomic E-state index is 11.2. The van der Waals surface area contributed by atoms with Gasteiger partial charge in [0, 0.05) is 27.1 Å². The summed E-state index contributed by atoms with van der Waals surface area (Å²) >= 11 is 0. The number of aromatic hydroxyl groups is 1. The molecule has 0 saturated carbocycles. The number of nitrogens with zero attached hydrogens (tertiary/aromatic N) is 3. The summed E-state index contributed by atoms with van der Waals surface area (Å²) in [5, 5.41) is 11.2. The Kier molecular flexibility index (Phi) is 8.11. The van der Waals surface area contributed by atoms with E-state index in [2.05, 4.69) is 102 Å². The minimum absolute atomic E-state index is 0.0698. The van der Waals surface area contributed by atoms with Crippen LogP contribution in [0.4, 0.5) is 0 Å². The molecule has 0 saturated heterocycles. The molecule has 0 atom stereocenters. The molecule has 0 spiro atoms. The number of phenols is 1. The van der Waals surface area contributed by atoms with Gasteiger partial charge in [0.2, 0.25) is 0 Å². The summed E-state index contributed by atoms with van der Waals surface area (Å²) in [6, 6.07) is 48.0. The van der Waals surface area contributed by atoms with Gasteiger partial charge in [-0.05, 0) is 117 Å². The summed E-state index contributed by atoms with van der Waals surface area (Å²) in [6.07, 6.45) is 1.88. The lowest BCUT2D eigenvalue weighted by Crippen LogP contribution is -2.11. The average Bonchev–Trinajstić information content (AvgIpc) is 3.60. The maximum atomic E-state index is 11.2. The smallest absolute Gasteiger partial charge is 0.149 e. The predicted molar refractivity (Wildman–Crippen MR) is 230 cm³/mol. The van der Waals surface area contributed by atoms with Gasteiger partial charge in [-0.3, -0.25) is 9.55 Å². The second-order valence-corrected chi connectivity index (χ2v) is 16.4. The number of benzene rings is 6. The highest BCUT2D eigenvalue weighted by molar-refractivity contribution is 5.97. The maximum Gasteiger partial charge on any atom is 0.149 e. The van der Waals surface area contributed by atoms with Gasteiger partial charge in [-0.15, -0.1) is 0 Å². The zero-order valence-corrected chi connectivity index (χ0v) is 32.2. The van der Waals surface area contributed by atoms with Gasteiger partial charge in [-0.2, -0.15) is 0 Å². The molecule has 0 bridgehead atoms. The van der Waals surface area contributed by atoms with Crippen LogP contribution in [0.5, 0.6) is 5.75 Å². The van der Waals surface area contributed by atoms with Crippen molar-refractivity contribution in [3.63, 3.8) is 0 Å². The van der Waals surface area contributed by atoms with Crippen LogP contribution in [0.3, 0.4) is 0 Å². The first-order chi connectivity index (χ1) is 27.6. The second-order valence-electron chi connectivity index (χ2n) is 16.4. The van der Waals surface area contributed by atoms with Gasteiger partial charge in [0.1, 0.15) is 11.6 Å². The molecule has 0 fully saturated rings. The molecule has 0 aliphatic rings. The molecule has 4 heteroatoms. The molecule has 6 aromatic carbocycles. The van der Waals surface area contributed by atoms with Crippen LogP contribution in [0.1, 0.15) is 62.3 Å². The Labute approximate surface area is 329 Å². The third-order valence-corrected chi connectivity index (χ3v) is 10.4. The summed E-state index contributed by atoms with van der Waals surface area (Å²) in [5.74, 6) is 0.581. The molecule has 0 aliphatic carbocycles. The van der Waals surface area contributed by atoms with Crippen molar-refractivity contribution in [3.8, 4) is 67.5 Å². The fourth-order valence-corrected chi connectivity index (χ4v) is 7.27. The van der Waals surface area contributed by atoms with Crippen molar-refractivity contribution in [3.05, 3.63) is 168 Å². The fraction of sp³-hybridized carbons (Fsp3) is 0.176. The number of hydrogen-bond donors (Lipinski definition) is 1. The van der Waals surface area contributed by atoms with Crippen molar-refractivity contribution in [2.75, 3.05) is 0 Å². The standard InChI is InChI=1S/C51H47N3O/c1-33-28-41(24-25-42(33)35-14-9-8-10-15-35)54-46-18-13-17-43(48(46)53-49(54)44-16-11-12-19-47(44)55)37-29-38(31-40(30-37)51(5,6)7)45-32-36(26-27-52-45)34-20-22-39(23-21-34)50(2,3)4/h8-32,55H,1-7H3/i1D3. The zero-order chi connectivity index (χ0) is 41.0. The number of fused-ring (bicyclic) bond motifs is 1. The number of imidazole rings is 1. The minimum atomic E-state index is -2.39. The molecule has 2 heterocycles. The van der Waals surface area contributed by atoms with E-state index in [-0.39, 0.29) is 22.1 Å². The number of phenolic OH excluding ortho intramolecular Hbond substituents is 1. The Hall–Kier alpha value is -6.26. The molecule has 8 rings (SSSR count). The summed E-state index contributed by atoms with van der Waals surface area (Å²) in [6.45, 7) is 10.9. The molecule has 55 heavy (non-hydrogen) atoms. The summed E-state index contributed by atoms with van der Waals surface area (Å²) in [7, 11) is 0. The normalized spacial score (nSPS) is 13.0. The molecule has 1 N–H and O–H groups in total. The van der Waals surface area contributed by atoms with Crippen LogP contribution < -0.4 is 0 Å². The highest BCUT2D eigenvalue weighted by Gasteiger charge is 2.23. The quantitative estimate of drug-likeness (QED) is 0.186. The molecular weight excluding hydrogens is 671 g/mol. The van der Waals surface area contributed by atoms with Gasteiger partial charge in [-0.25, -0.2) is 4.98 Å². The Morgan fingerprint density at radius 1 is 0.545 bits per heavy atom. The van der Waals surface area contributed by atoms with Crippen molar-refractivity contribution >= 4 is 11.0 Å². The molecule has 272 valence electrons. The summed E-state index contributed by atoms with van der Waals surface area (Å²) < 4.78 is 27.7. The number of aryl methyl sites for hydroxylation is 1. The molecule has 4 nitrogen and oxygen atoms in total. The molecular formula is C51H47N3O. The van der Waals surface area contributed by atoms with Crippen LogP contribution in [0.2, 0.25) is 0 Å². The van der Waals surface area contributed by atoms with Gasteiger partial charge in [-0.1, -0.05) is 133 Å². The number of hydrogen-bond acceptors (Lipinski definition) is 3. The molecule has 0 radical (unpaired) electrons. The average molecular weight is 721 g/mol. The van der Waals surface area contributed by atoms with E-state index < -0.39 is 6.85 Å². The van der Waals surface area contributed by atoms with Gasteiger partial charge in [0.25, 0.3) is 0 Å². The summed E-state index contributed by atoms with van der Waals surface area (Å²) in [5.41, 5.74) is 12.7. The second kappa shape index (κ2) is 13.9. The van der Waals surface area contributed by atoms with Crippen LogP contribution in [0, 0.1) is 6.85 Å². The minimum Gasteiger partial charge on any atom is -0.507 e. The largest absolute Gasteiger partial charge is 0.507 e. The van der Waals surface area contributed by atoms with E-state index in [0.29, 0.717) is 22.6 Å². The van der Waals surface area contributed by atoms with Gasteiger partial charge < -0.3 is 5.11 Å². The zero-order valence-electron chi connectivity index (χ0n) is 35.2. The highest BCUT2D eigenvalue weighted by atomic mass is 16.3. The highest BCUT2D eigenvalue weighted by Crippen LogP contribution is 2.40. The number of pyridine rings is 1. The predicted octanol–water partition coefficient (Wildman–Crippen LogP) is 13.4. The van der Waals surface area contributed by atoms with Crippen LogP contribution in [0.25, 0.3) is 72.7 Å². The lowest BCUT2D eigenvalue weighted by Gasteiger charge is -2.22. The molecule has 0 amide bonds.